The first-order valence-corrected chi connectivity index (χ1v) is 9.23. The van der Waals surface area contributed by atoms with Gasteiger partial charge in [-0.2, -0.15) is 4.31 Å². The molecule has 0 spiro atoms. The molecule has 0 radical (unpaired) electrons. The van der Waals surface area contributed by atoms with Crippen LogP contribution in [0.3, 0.4) is 0 Å². The van der Waals surface area contributed by atoms with Crippen LogP contribution >= 0.6 is 0 Å². The molecule has 0 amide bonds. The summed E-state index contributed by atoms with van der Waals surface area (Å²) in [5.74, 6) is 0. The Labute approximate surface area is 136 Å². The number of benzene rings is 1. The summed E-state index contributed by atoms with van der Waals surface area (Å²) in [5.41, 5.74) is -0.0926. The molecular weight excluding hydrogens is 316 g/mol. The lowest BCUT2D eigenvalue weighted by atomic mass is 9.65. The Hall–Kier alpha value is -1.47. The maximum Gasteiger partial charge on any atom is 0.270 e. The summed E-state index contributed by atoms with van der Waals surface area (Å²) >= 11 is 0. The van der Waals surface area contributed by atoms with Crippen LogP contribution in [0.2, 0.25) is 0 Å². The monoisotopic (exact) mass is 338 g/mol. The van der Waals surface area contributed by atoms with E-state index in [2.05, 4.69) is 20.8 Å². The van der Waals surface area contributed by atoms with Crippen molar-refractivity contribution in [3.63, 3.8) is 0 Å². The first kappa shape index (κ1) is 16.4. The minimum Gasteiger partial charge on any atom is -0.258 e. The Balaban J connectivity index is 1.98. The third-order valence-electron chi connectivity index (χ3n) is 5.00. The summed E-state index contributed by atoms with van der Waals surface area (Å²) in [7, 11) is -3.71. The third kappa shape index (κ3) is 2.87. The van der Waals surface area contributed by atoms with Crippen LogP contribution in [-0.4, -0.2) is 30.2 Å². The van der Waals surface area contributed by atoms with Crippen molar-refractivity contribution in [3.05, 3.63) is 34.4 Å². The Morgan fingerprint density at radius 2 is 1.96 bits per heavy atom. The van der Waals surface area contributed by atoms with E-state index in [1.165, 1.54) is 18.2 Å². The van der Waals surface area contributed by atoms with Gasteiger partial charge in [-0.05, 0) is 36.2 Å². The lowest BCUT2D eigenvalue weighted by molar-refractivity contribution is -0.385. The minimum absolute atomic E-state index is 0.0137. The molecule has 7 heteroatoms. The van der Waals surface area contributed by atoms with Crippen LogP contribution in [0.4, 0.5) is 5.69 Å². The number of nitro benzene ring substituents is 1. The maximum atomic E-state index is 13.0. The van der Waals surface area contributed by atoms with Crippen molar-refractivity contribution in [3.8, 4) is 0 Å². The number of rotatable bonds is 3. The molecule has 0 N–H and O–H groups in total. The molecule has 1 heterocycles. The van der Waals surface area contributed by atoms with E-state index >= 15 is 0 Å². The second kappa shape index (κ2) is 5.01. The van der Waals surface area contributed by atoms with Gasteiger partial charge in [0.15, 0.2) is 0 Å². The van der Waals surface area contributed by atoms with Crippen LogP contribution < -0.4 is 0 Å². The molecule has 126 valence electrons. The summed E-state index contributed by atoms with van der Waals surface area (Å²) in [6.07, 6.45) is 2.69. The fourth-order valence-corrected chi connectivity index (χ4v) is 6.40. The van der Waals surface area contributed by atoms with Gasteiger partial charge in [0.2, 0.25) is 10.0 Å². The zero-order valence-corrected chi connectivity index (χ0v) is 14.5. The molecule has 2 unspecified atom stereocenters. The van der Waals surface area contributed by atoms with E-state index in [9.17, 15) is 18.5 Å². The maximum absolute atomic E-state index is 13.0. The Morgan fingerprint density at radius 1 is 1.26 bits per heavy atom. The Kier molecular flexibility index (Phi) is 3.57. The second-order valence-electron chi connectivity index (χ2n) is 8.02. The normalized spacial score (nSPS) is 30.3. The van der Waals surface area contributed by atoms with Crippen molar-refractivity contribution < 1.29 is 13.3 Å². The van der Waals surface area contributed by atoms with Crippen molar-refractivity contribution in [1.29, 1.82) is 0 Å². The second-order valence-corrected chi connectivity index (χ2v) is 9.91. The van der Waals surface area contributed by atoms with Crippen LogP contribution in [0.15, 0.2) is 29.2 Å². The summed E-state index contributed by atoms with van der Waals surface area (Å²) in [5, 5.41) is 10.9. The van der Waals surface area contributed by atoms with Crippen LogP contribution in [0.5, 0.6) is 0 Å². The lowest BCUT2D eigenvalue weighted by Crippen LogP contribution is -2.37. The SMILES string of the molecule is CC1(C)CC2CC(C)(CN2S(=O)(=O)c2cccc([N+](=O)[O-])c2)C1. The topological polar surface area (TPSA) is 80.5 Å². The number of hydrogen-bond donors (Lipinski definition) is 0. The van der Waals surface area contributed by atoms with Crippen LogP contribution in [0.1, 0.15) is 40.0 Å². The van der Waals surface area contributed by atoms with Gasteiger partial charge in [-0.25, -0.2) is 8.42 Å². The van der Waals surface area contributed by atoms with Gasteiger partial charge in [-0.1, -0.05) is 26.8 Å². The molecule has 2 aliphatic rings. The van der Waals surface area contributed by atoms with Crippen LogP contribution in [0.25, 0.3) is 0 Å². The van der Waals surface area contributed by atoms with Gasteiger partial charge in [-0.3, -0.25) is 10.1 Å². The highest BCUT2D eigenvalue weighted by Crippen LogP contribution is 2.53. The molecule has 23 heavy (non-hydrogen) atoms. The molecule has 1 aromatic carbocycles. The highest BCUT2D eigenvalue weighted by molar-refractivity contribution is 7.89. The van der Waals surface area contributed by atoms with Gasteiger partial charge in [0.1, 0.15) is 0 Å². The number of hydrogen-bond acceptors (Lipinski definition) is 4. The fraction of sp³-hybridized carbons (Fsp3) is 0.625. The van der Waals surface area contributed by atoms with Crippen molar-refractivity contribution in [2.45, 2.75) is 51.0 Å². The van der Waals surface area contributed by atoms with Gasteiger partial charge in [-0.15, -0.1) is 0 Å². The molecule has 3 rings (SSSR count). The molecule has 1 aromatic rings. The van der Waals surface area contributed by atoms with Gasteiger partial charge >= 0.3 is 0 Å². The van der Waals surface area contributed by atoms with E-state index < -0.39 is 14.9 Å². The van der Waals surface area contributed by atoms with E-state index in [-0.39, 0.29) is 27.5 Å². The van der Waals surface area contributed by atoms with Gasteiger partial charge < -0.3 is 0 Å². The molecule has 0 aromatic heterocycles. The molecule has 2 atom stereocenters. The Bertz CT molecular complexity index is 759. The zero-order chi connectivity index (χ0) is 17.0. The average Bonchev–Trinajstić information content (AvgIpc) is 2.68. The molecule has 2 fully saturated rings. The summed E-state index contributed by atoms with van der Waals surface area (Å²) in [6, 6.07) is 5.32. The van der Waals surface area contributed by atoms with Crippen molar-refractivity contribution in [2.75, 3.05) is 6.54 Å². The summed E-state index contributed by atoms with van der Waals surface area (Å²) < 4.78 is 27.6. The molecule has 6 nitrogen and oxygen atoms in total. The molecule has 1 saturated heterocycles. The van der Waals surface area contributed by atoms with Gasteiger partial charge in [0.25, 0.3) is 5.69 Å². The lowest BCUT2D eigenvalue weighted by Gasteiger charge is -2.39. The predicted octanol–water partition coefficient (Wildman–Crippen LogP) is 3.18. The van der Waals surface area contributed by atoms with E-state index in [1.807, 2.05) is 0 Å². The third-order valence-corrected chi connectivity index (χ3v) is 6.90. The van der Waals surface area contributed by atoms with Gasteiger partial charge in [0, 0.05) is 24.7 Å². The van der Waals surface area contributed by atoms with Crippen molar-refractivity contribution in [2.24, 2.45) is 10.8 Å². The Morgan fingerprint density at radius 3 is 2.61 bits per heavy atom. The largest absolute Gasteiger partial charge is 0.270 e. The number of fused-ring (bicyclic) bond motifs is 2. The number of non-ortho nitro benzene ring substituents is 1. The van der Waals surface area contributed by atoms with Crippen molar-refractivity contribution >= 4 is 15.7 Å². The quantitative estimate of drug-likeness (QED) is 0.626. The number of sulfonamides is 1. The van der Waals surface area contributed by atoms with Crippen molar-refractivity contribution in [1.82, 2.24) is 4.31 Å². The molecule has 2 bridgehead atoms. The van der Waals surface area contributed by atoms with E-state index in [4.69, 9.17) is 0 Å². The minimum atomic E-state index is -3.71. The highest BCUT2D eigenvalue weighted by atomic mass is 32.2. The van der Waals surface area contributed by atoms with E-state index in [1.54, 1.807) is 4.31 Å². The average molecular weight is 338 g/mol. The molecular formula is C16H22N2O4S. The molecule has 1 aliphatic heterocycles. The molecule has 1 aliphatic carbocycles. The smallest absolute Gasteiger partial charge is 0.258 e. The predicted molar refractivity (Wildman–Crippen MR) is 86.5 cm³/mol. The first-order valence-electron chi connectivity index (χ1n) is 7.79. The van der Waals surface area contributed by atoms with Crippen LogP contribution in [0, 0.1) is 20.9 Å². The molecule has 1 saturated carbocycles. The summed E-state index contributed by atoms with van der Waals surface area (Å²) in [6.45, 7) is 7.00. The standard InChI is InChI=1S/C16H22N2O4S/c1-15(2)8-13-9-16(3,10-15)11-17(13)23(21,22)14-6-4-5-12(7-14)18(19)20/h4-7,13H,8-11H2,1-3H3. The van der Waals surface area contributed by atoms with Gasteiger partial charge in [0.05, 0.1) is 9.82 Å². The highest BCUT2D eigenvalue weighted by Gasteiger charge is 2.53. The van der Waals surface area contributed by atoms with E-state index in [0.717, 1.165) is 25.3 Å². The van der Waals surface area contributed by atoms with E-state index in [0.29, 0.717) is 6.54 Å². The summed E-state index contributed by atoms with van der Waals surface area (Å²) in [4.78, 5) is 10.4. The van der Waals surface area contributed by atoms with Crippen LogP contribution in [-0.2, 0) is 10.0 Å². The first-order chi connectivity index (χ1) is 10.5. The fourth-order valence-electron chi connectivity index (χ4n) is 4.58. The number of nitro groups is 1. The zero-order valence-electron chi connectivity index (χ0n) is 13.7. The number of nitrogens with zero attached hydrogens (tertiary/aromatic N) is 2.